The highest BCUT2D eigenvalue weighted by atomic mass is 28.3. The first-order valence-corrected chi connectivity index (χ1v) is 13.6. The average molecular weight is 407 g/mol. The first kappa shape index (κ1) is 19.3. The molecule has 3 aromatic rings. The molecule has 30 heavy (non-hydrogen) atoms. The molecular formula is C29H30Si. The quantitative estimate of drug-likeness (QED) is 0.408. The fraction of sp³-hybridized carbons (Fsp3) is 0.241. The smallest absolute Gasteiger partial charge is 0.0683 e. The molecule has 0 saturated heterocycles. The van der Waals surface area contributed by atoms with Crippen LogP contribution in [0.3, 0.4) is 0 Å². The third-order valence-electron chi connectivity index (χ3n) is 7.27. The lowest BCUT2D eigenvalue weighted by atomic mass is 10.0. The molecule has 0 amide bonds. The molecule has 0 heterocycles. The van der Waals surface area contributed by atoms with Crippen molar-refractivity contribution < 1.29 is 0 Å². The average Bonchev–Trinajstić information content (AvgIpc) is 3.32. The lowest BCUT2D eigenvalue weighted by Crippen LogP contribution is -2.66. The highest BCUT2D eigenvalue weighted by Crippen LogP contribution is 2.31. The lowest BCUT2D eigenvalue weighted by molar-refractivity contribution is 1.19. The van der Waals surface area contributed by atoms with Gasteiger partial charge in [0, 0.05) is 0 Å². The number of aryl methyl sites for hydroxylation is 2. The molecule has 0 radical (unpaired) electrons. The van der Waals surface area contributed by atoms with Crippen LogP contribution in [0.4, 0.5) is 0 Å². The zero-order valence-electron chi connectivity index (χ0n) is 18.8. The van der Waals surface area contributed by atoms with Gasteiger partial charge in [0.25, 0.3) is 0 Å². The van der Waals surface area contributed by atoms with E-state index in [0.29, 0.717) is 0 Å². The molecule has 0 saturated carbocycles. The molecule has 5 rings (SSSR count). The van der Waals surface area contributed by atoms with E-state index in [2.05, 4.69) is 101 Å². The second-order valence-electron chi connectivity index (χ2n) is 9.47. The van der Waals surface area contributed by atoms with Crippen LogP contribution in [-0.2, 0) is 12.8 Å². The molecule has 3 aromatic carbocycles. The topological polar surface area (TPSA) is 0 Å². The Morgan fingerprint density at radius 2 is 1.07 bits per heavy atom. The van der Waals surface area contributed by atoms with Crippen molar-refractivity contribution in [2.45, 2.75) is 47.1 Å². The summed E-state index contributed by atoms with van der Waals surface area (Å²) in [6.45, 7) is 11.7. The Kier molecular flexibility index (Phi) is 4.48. The minimum atomic E-state index is -2.16. The fourth-order valence-electron chi connectivity index (χ4n) is 5.66. The molecule has 0 bridgehead atoms. The number of rotatable bonds is 3. The zero-order chi connectivity index (χ0) is 21.0. The Morgan fingerprint density at radius 3 is 1.53 bits per heavy atom. The Labute approximate surface area is 182 Å². The highest BCUT2D eigenvalue weighted by Gasteiger charge is 2.40. The molecule has 0 fully saturated rings. The summed E-state index contributed by atoms with van der Waals surface area (Å²) in [7, 11) is -2.16. The normalized spacial score (nSPS) is 15.0. The molecule has 0 aliphatic heterocycles. The van der Waals surface area contributed by atoms with E-state index >= 15 is 0 Å². The van der Waals surface area contributed by atoms with Crippen molar-refractivity contribution in [2.75, 3.05) is 0 Å². The van der Waals surface area contributed by atoms with Gasteiger partial charge >= 0.3 is 0 Å². The van der Waals surface area contributed by atoms with Crippen LogP contribution < -0.4 is 15.6 Å². The van der Waals surface area contributed by atoms with Gasteiger partial charge < -0.3 is 0 Å². The van der Waals surface area contributed by atoms with Gasteiger partial charge in [0.2, 0.25) is 0 Å². The van der Waals surface area contributed by atoms with E-state index in [9.17, 15) is 0 Å². The molecule has 0 aromatic heterocycles. The number of allylic oxidation sites excluding steroid dienone is 2. The summed E-state index contributed by atoms with van der Waals surface area (Å²) in [6.07, 6.45) is 7.01. The fourth-order valence-corrected chi connectivity index (χ4v) is 9.92. The van der Waals surface area contributed by atoms with E-state index in [1.807, 2.05) is 0 Å². The van der Waals surface area contributed by atoms with Crippen molar-refractivity contribution in [2.24, 2.45) is 0 Å². The lowest BCUT2D eigenvalue weighted by Gasteiger charge is -2.34. The minimum Gasteiger partial charge on any atom is -0.0683 e. The Balaban J connectivity index is 1.83. The molecule has 2 aliphatic rings. The number of benzene rings is 3. The Bertz CT molecular complexity index is 1150. The summed E-state index contributed by atoms with van der Waals surface area (Å²) < 4.78 is 0. The third-order valence-corrected chi connectivity index (χ3v) is 11.9. The van der Waals surface area contributed by atoms with E-state index in [0.717, 1.165) is 12.8 Å². The Morgan fingerprint density at radius 1 is 0.600 bits per heavy atom. The molecule has 0 atom stereocenters. The maximum Gasteiger partial charge on any atom is 0.146 e. The molecule has 150 valence electrons. The highest BCUT2D eigenvalue weighted by molar-refractivity contribution is 7.11. The first-order chi connectivity index (χ1) is 14.4. The second-order valence-corrected chi connectivity index (χ2v) is 13.4. The van der Waals surface area contributed by atoms with Crippen molar-refractivity contribution >= 4 is 35.8 Å². The maximum absolute atomic E-state index is 2.58. The van der Waals surface area contributed by atoms with Gasteiger partial charge in [-0.1, -0.05) is 84.4 Å². The van der Waals surface area contributed by atoms with Gasteiger partial charge in [-0.15, -0.1) is 0 Å². The van der Waals surface area contributed by atoms with Gasteiger partial charge in [0.05, 0.1) is 0 Å². The molecule has 1 heteroatoms. The van der Waals surface area contributed by atoms with E-state index in [4.69, 9.17) is 0 Å². The van der Waals surface area contributed by atoms with Crippen LogP contribution in [0, 0.1) is 13.8 Å². The predicted octanol–water partition coefficient (Wildman–Crippen LogP) is 5.32. The van der Waals surface area contributed by atoms with Gasteiger partial charge in [-0.3, -0.25) is 0 Å². The summed E-state index contributed by atoms with van der Waals surface area (Å²) in [6, 6.07) is 21.0. The second kappa shape index (κ2) is 6.96. The van der Waals surface area contributed by atoms with Crippen LogP contribution in [-0.4, -0.2) is 8.07 Å². The minimum absolute atomic E-state index is 1.09. The largest absolute Gasteiger partial charge is 0.146 e. The van der Waals surface area contributed by atoms with Crippen molar-refractivity contribution in [3.63, 3.8) is 0 Å². The van der Waals surface area contributed by atoms with E-state index in [1.165, 1.54) is 38.6 Å². The van der Waals surface area contributed by atoms with Gasteiger partial charge in [-0.2, -0.15) is 0 Å². The van der Waals surface area contributed by atoms with Crippen molar-refractivity contribution in [1.29, 1.82) is 0 Å². The summed E-state index contributed by atoms with van der Waals surface area (Å²) in [4.78, 5) is 0. The van der Waals surface area contributed by atoms with Gasteiger partial charge in [0.1, 0.15) is 8.07 Å². The summed E-state index contributed by atoms with van der Waals surface area (Å²) in [5, 5.41) is 4.70. The molecule has 0 unspecified atom stereocenters. The van der Waals surface area contributed by atoms with E-state index < -0.39 is 8.07 Å². The molecule has 0 N–H and O–H groups in total. The van der Waals surface area contributed by atoms with E-state index in [1.54, 1.807) is 21.5 Å². The number of hydrogen-bond acceptors (Lipinski definition) is 0. The molecule has 0 nitrogen and oxygen atoms in total. The maximum atomic E-state index is 2.58. The number of hydrogen-bond donors (Lipinski definition) is 0. The molecule has 2 aliphatic carbocycles. The van der Waals surface area contributed by atoms with Crippen LogP contribution in [0.2, 0.25) is 6.55 Å². The Hall–Kier alpha value is -2.64. The van der Waals surface area contributed by atoms with Crippen LogP contribution >= 0.6 is 0 Å². The molecular weight excluding hydrogens is 376 g/mol. The summed E-state index contributed by atoms with van der Waals surface area (Å²) in [5.41, 5.74) is 11.9. The van der Waals surface area contributed by atoms with Crippen LogP contribution in [0.5, 0.6) is 0 Å². The molecule has 0 spiro atoms. The summed E-state index contributed by atoms with van der Waals surface area (Å²) in [5.74, 6) is 0. The van der Waals surface area contributed by atoms with Gasteiger partial charge in [-0.25, -0.2) is 0 Å². The zero-order valence-corrected chi connectivity index (χ0v) is 19.8. The van der Waals surface area contributed by atoms with Crippen LogP contribution in [0.1, 0.15) is 47.2 Å². The SMILES string of the molecule is CC1=Cc2c(C)ccc([Si](C)(c3ccccc3)c3ccc(C)c4c3CC(C)=C4)c2C1. The van der Waals surface area contributed by atoms with Gasteiger partial charge in [0.15, 0.2) is 0 Å². The monoisotopic (exact) mass is 406 g/mol. The summed E-state index contributed by atoms with van der Waals surface area (Å²) >= 11 is 0. The predicted molar refractivity (Wildman–Crippen MR) is 134 cm³/mol. The van der Waals surface area contributed by atoms with Gasteiger partial charge in [-0.05, 0) is 89.5 Å². The van der Waals surface area contributed by atoms with Crippen LogP contribution in [0.25, 0.3) is 12.2 Å². The van der Waals surface area contributed by atoms with Crippen molar-refractivity contribution in [1.82, 2.24) is 0 Å². The van der Waals surface area contributed by atoms with Crippen molar-refractivity contribution in [3.8, 4) is 0 Å². The van der Waals surface area contributed by atoms with Crippen LogP contribution in [0.15, 0.2) is 65.7 Å². The third kappa shape index (κ3) is 2.80. The van der Waals surface area contributed by atoms with Crippen molar-refractivity contribution in [3.05, 3.63) is 99.1 Å². The standard InChI is InChI=1S/C29H30Si/c1-19-15-24-21(3)11-13-28(26(24)17-19)30(5,23-9-7-6-8-10-23)29-14-12-22(4)25-16-20(2)18-27(25)29/h6-16H,17-18H2,1-5H3. The van der Waals surface area contributed by atoms with E-state index in [-0.39, 0.29) is 0 Å². The first-order valence-electron chi connectivity index (χ1n) is 11.1. The number of fused-ring (bicyclic) bond motifs is 2.